The number of rotatable bonds is 0. The molecule has 1 N–H and O–H groups in total. The zero-order valence-corrected chi connectivity index (χ0v) is 3.07. The molecular formula is C3H4FNO. The SMILES string of the molecule is O=C1NCC1F. The molecule has 0 spiro atoms. The van der Waals surface area contributed by atoms with Crippen molar-refractivity contribution in [2.75, 3.05) is 6.54 Å². The van der Waals surface area contributed by atoms with Gasteiger partial charge in [-0.15, -0.1) is 0 Å². The predicted octanol–water partition coefficient (Wildman–Crippen LogP) is -0.546. The summed E-state index contributed by atoms with van der Waals surface area (Å²) >= 11 is 0. The number of carbonyl (C=O) groups excluding carboxylic acids is 1. The quantitative estimate of drug-likeness (QED) is 0.396. The second-order valence-electron chi connectivity index (χ2n) is 1.21. The van der Waals surface area contributed by atoms with Crippen molar-refractivity contribution in [2.24, 2.45) is 0 Å². The average Bonchev–Trinajstić information content (AvgIpc) is 1.61. The molecule has 1 amide bonds. The molecule has 2 nitrogen and oxygen atoms in total. The van der Waals surface area contributed by atoms with E-state index in [9.17, 15) is 9.18 Å². The van der Waals surface area contributed by atoms with Gasteiger partial charge in [0.15, 0.2) is 6.17 Å². The summed E-state index contributed by atoms with van der Waals surface area (Å²) in [4.78, 5) is 9.74. The maximum Gasteiger partial charge on any atom is 0.256 e. The highest BCUT2D eigenvalue weighted by Gasteiger charge is 2.25. The van der Waals surface area contributed by atoms with Gasteiger partial charge in [-0.25, -0.2) is 4.39 Å². The van der Waals surface area contributed by atoms with Crippen molar-refractivity contribution in [3.63, 3.8) is 0 Å². The number of carbonyl (C=O) groups is 1. The van der Waals surface area contributed by atoms with Gasteiger partial charge in [0.25, 0.3) is 5.91 Å². The zero-order valence-electron chi connectivity index (χ0n) is 3.07. The van der Waals surface area contributed by atoms with Gasteiger partial charge < -0.3 is 5.32 Å². The molecule has 1 fully saturated rings. The van der Waals surface area contributed by atoms with E-state index >= 15 is 0 Å². The molecule has 0 aromatic rings. The summed E-state index contributed by atoms with van der Waals surface area (Å²) in [7, 11) is 0. The van der Waals surface area contributed by atoms with Crippen molar-refractivity contribution in [1.29, 1.82) is 0 Å². The van der Waals surface area contributed by atoms with E-state index < -0.39 is 12.1 Å². The second kappa shape index (κ2) is 0.929. The Balaban J connectivity index is 2.39. The van der Waals surface area contributed by atoms with Crippen LogP contribution in [0.15, 0.2) is 0 Å². The molecule has 1 saturated heterocycles. The number of hydrogen-bond acceptors (Lipinski definition) is 1. The number of amides is 1. The number of halogens is 1. The molecule has 0 saturated carbocycles. The summed E-state index contributed by atoms with van der Waals surface area (Å²) in [5.41, 5.74) is 0. The fraction of sp³-hybridized carbons (Fsp3) is 0.667. The molecule has 1 aliphatic rings. The molecule has 0 aromatic heterocycles. The Morgan fingerprint density at radius 1 is 2.00 bits per heavy atom. The van der Waals surface area contributed by atoms with Gasteiger partial charge in [-0.1, -0.05) is 0 Å². The van der Waals surface area contributed by atoms with Crippen LogP contribution in [0, 0.1) is 0 Å². The largest absolute Gasteiger partial charge is 0.350 e. The third kappa shape index (κ3) is 0.278. The van der Waals surface area contributed by atoms with Crippen LogP contribution in [0.3, 0.4) is 0 Å². The normalized spacial score (nSPS) is 31.5. The van der Waals surface area contributed by atoms with Gasteiger partial charge in [0.05, 0.1) is 6.54 Å². The number of nitrogens with one attached hydrogen (secondary N) is 1. The van der Waals surface area contributed by atoms with Crippen LogP contribution in [-0.4, -0.2) is 18.6 Å². The number of alkyl halides is 1. The number of hydrogen-bond donors (Lipinski definition) is 1. The molecule has 3 heteroatoms. The minimum atomic E-state index is -1.22. The van der Waals surface area contributed by atoms with Crippen molar-refractivity contribution in [1.82, 2.24) is 5.32 Å². The maximum atomic E-state index is 11.5. The fourth-order valence-electron chi connectivity index (χ4n) is 0.263. The zero-order chi connectivity index (χ0) is 4.57. The van der Waals surface area contributed by atoms with Crippen molar-refractivity contribution in [3.05, 3.63) is 0 Å². The Kier molecular flexibility index (Phi) is 0.555. The first-order chi connectivity index (χ1) is 2.80. The summed E-state index contributed by atoms with van der Waals surface area (Å²) in [5, 5.41) is 2.24. The van der Waals surface area contributed by atoms with Crippen molar-refractivity contribution in [2.45, 2.75) is 6.17 Å². The molecule has 0 bridgehead atoms. The average molecular weight is 89.1 g/mol. The van der Waals surface area contributed by atoms with Gasteiger partial charge in [0.1, 0.15) is 0 Å². The monoisotopic (exact) mass is 89.0 g/mol. The molecule has 1 rings (SSSR count). The summed E-state index contributed by atoms with van der Waals surface area (Å²) in [6, 6.07) is 0. The molecule has 0 aliphatic carbocycles. The molecule has 1 unspecified atom stereocenters. The van der Waals surface area contributed by atoms with Gasteiger partial charge in [0.2, 0.25) is 0 Å². The van der Waals surface area contributed by atoms with Crippen molar-refractivity contribution >= 4 is 5.91 Å². The second-order valence-corrected chi connectivity index (χ2v) is 1.21. The number of β-lactam (4-membered cyclic amide) rings is 1. The van der Waals surface area contributed by atoms with Crippen LogP contribution in [0.4, 0.5) is 4.39 Å². The highest BCUT2D eigenvalue weighted by molar-refractivity contribution is 5.86. The van der Waals surface area contributed by atoms with Crippen LogP contribution in [0.5, 0.6) is 0 Å². The third-order valence-corrected chi connectivity index (χ3v) is 0.740. The van der Waals surface area contributed by atoms with Gasteiger partial charge in [-0.2, -0.15) is 0 Å². The molecule has 1 atom stereocenters. The van der Waals surface area contributed by atoms with Crippen LogP contribution in [-0.2, 0) is 4.79 Å². The smallest absolute Gasteiger partial charge is 0.256 e. The lowest BCUT2D eigenvalue weighted by molar-refractivity contribution is -0.132. The lowest BCUT2D eigenvalue weighted by Crippen LogP contribution is -2.50. The van der Waals surface area contributed by atoms with E-state index in [-0.39, 0.29) is 6.54 Å². The van der Waals surface area contributed by atoms with E-state index in [0.29, 0.717) is 0 Å². The standard InChI is InChI=1S/C3H4FNO/c4-2-1-5-3(2)6/h2H,1H2,(H,5,6). The summed E-state index contributed by atoms with van der Waals surface area (Å²) in [6.45, 7) is 0.207. The Hall–Kier alpha value is -0.600. The molecule has 1 heterocycles. The van der Waals surface area contributed by atoms with E-state index in [4.69, 9.17) is 0 Å². The van der Waals surface area contributed by atoms with Gasteiger partial charge in [-0.05, 0) is 0 Å². The Bertz CT molecular complexity index is 82.9. The van der Waals surface area contributed by atoms with Gasteiger partial charge >= 0.3 is 0 Å². The minimum absolute atomic E-state index is 0.207. The predicted molar refractivity (Wildman–Crippen MR) is 17.9 cm³/mol. The van der Waals surface area contributed by atoms with E-state index in [1.54, 1.807) is 0 Å². The lowest BCUT2D eigenvalue weighted by Gasteiger charge is -2.16. The summed E-state index contributed by atoms with van der Waals surface area (Å²) < 4.78 is 11.5. The summed E-state index contributed by atoms with van der Waals surface area (Å²) in [5.74, 6) is -0.477. The van der Waals surface area contributed by atoms with E-state index in [1.165, 1.54) is 0 Å². The van der Waals surface area contributed by atoms with Crippen LogP contribution in [0.1, 0.15) is 0 Å². The van der Waals surface area contributed by atoms with Crippen molar-refractivity contribution in [3.8, 4) is 0 Å². The van der Waals surface area contributed by atoms with Gasteiger partial charge in [0, 0.05) is 0 Å². The van der Waals surface area contributed by atoms with E-state index in [0.717, 1.165) is 0 Å². The molecule has 34 valence electrons. The Morgan fingerprint density at radius 3 is 2.50 bits per heavy atom. The first kappa shape index (κ1) is 3.59. The molecule has 0 radical (unpaired) electrons. The third-order valence-electron chi connectivity index (χ3n) is 0.740. The maximum absolute atomic E-state index is 11.5. The van der Waals surface area contributed by atoms with Crippen molar-refractivity contribution < 1.29 is 9.18 Å². The minimum Gasteiger partial charge on any atom is -0.350 e. The summed E-state index contributed by atoms with van der Waals surface area (Å²) in [6.07, 6.45) is -1.22. The molecule has 1 aliphatic heterocycles. The Labute approximate surface area is 34.3 Å². The van der Waals surface area contributed by atoms with Crippen LogP contribution in [0.25, 0.3) is 0 Å². The first-order valence-corrected chi connectivity index (χ1v) is 1.72. The highest BCUT2D eigenvalue weighted by atomic mass is 19.1. The van der Waals surface area contributed by atoms with Crippen LogP contribution in [0.2, 0.25) is 0 Å². The Morgan fingerprint density at radius 2 is 2.50 bits per heavy atom. The van der Waals surface area contributed by atoms with Gasteiger partial charge in [-0.3, -0.25) is 4.79 Å². The lowest BCUT2D eigenvalue weighted by atomic mass is 10.2. The topological polar surface area (TPSA) is 29.1 Å². The van der Waals surface area contributed by atoms with Crippen LogP contribution >= 0.6 is 0 Å². The fourth-order valence-corrected chi connectivity index (χ4v) is 0.263. The highest BCUT2D eigenvalue weighted by Crippen LogP contribution is 1.96. The molecular weight excluding hydrogens is 85.0 g/mol. The van der Waals surface area contributed by atoms with E-state index in [1.807, 2.05) is 0 Å². The van der Waals surface area contributed by atoms with E-state index in [2.05, 4.69) is 5.32 Å². The first-order valence-electron chi connectivity index (χ1n) is 1.72. The molecule has 6 heavy (non-hydrogen) atoms. The molecule has 0 aromatic carbocycles. The van der Waals surface area contributed by atoms with Crippen LogP contribution < -0.4 is 5.32 Å².